The second-order valence-electron chi connectivity index (χ2n) is 4.26. The van der Waals surface area contributed by atoms with Crippen molar-refractivity contribution in [2.75, 3.05) is 18.8 Å². The third kappa shape index (κ3) is 2.70. The number of rotatable bonds is 1. The van der Waals surface area contributed by atoms with Gasteiger partial charge in [0.15, 0.2) is 0 Å². The standard InChI is InChI=1S/C12H15ClN2O2/c13-11-2-1-8(14)7-10(11)12(17)15-5-3-9(16)4-6-15/h1-2,7,9,16H,3-6,14H2. The Balaban J connectivity index is 2.16. The molecular formula is C12H15ClN2O2. The van der Waals surface area contributed by atoms with Gasteiger partial charge in [-0.3, -0.25) is 4.79 Å². The third-order valence-corrected chi connectivity index (χ3v) is 3.30. The fourth-order valence-electron chi connectivity index (χ4n) is 1.95. The van der Waals surface area contributed by atoms with Crippen molar-refractivity contribution < 1.29 is 9.90 Å². The number of anilines is 1. The molecule has 1 aromatic carbocycles. The van der Waals surface area contributed by atoms with Gasteiger partial charge in [0.1, 0.15) is 0 Å². The molecule has 0 bridgehead atoms. The summed E-state index contributed by atoms with van der Waals surface area (Å²) in [6.45, 7) is 1.12. The van der Waals surface area contributed by atoms with Crippen molar-refractivity contribution in [2.45, 2.75) is 18.9 Å². The number of likely N-dealkylation sites (tertiary alicyclic amines) is 1. The van der Waals surface area contributed by atoms with E-state index in [1.165, 1.54) is 0 Å². The molecule has 1 aromatic rings. The van der Waals surface area contributed by atoms with Gasteiger partial charge in [-0.15, -0.1) is 0 Å². The summed E-state index contributed by atoms with van der Waals surface area (Å²) in [5, 5.41) is 9.81. The molecule has 1 amide bonds. The number of aliphatic hydroxyl groups is 1. The predicted molar refractivity (Wildman–Crippen MR) is 67.0 cm³/mol. The number of benzene rings is 1. The third-order valence-electron chi connectivity index (χ3n) is 2.97. The maximum atomic E-state index is 12.2. The molecule has 1 fully saturated rings. The molecule has 17 heavy (non-hydrogen) atoms. The summed E-state index contributed by atoms with van der Waals surface area (Å²) < 4.78 is 0. The molecule has 4 nitrogen and oxygen atoms in total. The summed E-state index contributed by atoms with van der Waals surface area (Å²) >= 11 is 5.99. The highest BCUT2D eigenvalue weighted by atomic mass is 35.5. The van der Waals surface area contributed by atoms with Crippen LogP contribution in [-0.2, 0) is 0 Å². The number of nitrogens with two attached hydrogens (primary N) is 1. The molecule has 1 heterocycles. The van der Waals surface area contributed by atoms with Crippen LogP contribution in [0.5, 0.6) is 0 Å². The highest BCUT2D eigenvalue weighted by Crippen LogP contribution is 2.22. The molecule has 1 saturated heterocycles. The number of aliphatic hydroxyl groups excluding tert-OH is 1. The van der Waals surface area contributed by atoms with E-state index in [-0.39, 0.29) is 12.0 Å². The van der Waals surface area contributed by atoms with Crippen LogP contribution in [0.1, 0.15) is 23.2 Å². The molecule has 3 N–H and O–H groups in total. The number of carbonyl (C=O) groups excluding carboxylic acids is 1. The fourth-order valence-corrected chi connectivity index (χ4v) is 2.14. The number of hydrogen-bond acceptors (Lipinski definition) is 3. The first-order valence-corrected chi connectivity index (χ1v) is 5.98. The Hall–Kier alpha value is -1.26. The average molecular weight is 255 g/mol. The molecule has 0 atom stereocenters. The van der Waals surface area contributed by atoms with E-state index >= 15 is 0 Å². The number of carbonyl (C=O) groups is 1. The van der Waals surface area contributed by atoms with Gasteiger partial charge < -0.3 is 15.7 Å². The molecule has 0 radical (unpaired) electrons. The number of nitrogens with zero attached hydrogens (tertiary/aromatic N) is 1. The van der Waals surface area contributed by atoms with Crippen molar-refractivity contribution >= 4 is 23.2 Å². The zero-order chi connectivity index (χ0) is 12.4. The normalized spacial score (nSPS) is 17.2. The molecular weight excluding hydrogens is 240 g/mol. The van der Waals surface area contributed by atoms with Crippen LogP contribution in [0.2, 0.25) is 5.02 Å². The first-order chi connectivity index (χ1) is 8.08. The second-order valence-corrected chi connectivity index (χ2v) is 4.67. The summed E-state index contributed by atoms with van der Waals surface area (Å²) in [6.07, 6.45) is 0.938. The molecule has 2 rings (SSSR count). The van der Waals surface area contributed by atoms with Gasteiger partial charge >= 0.3 is 0 Å². The number of piperidine rings is 1. The van der Waals surface area contributed by atoms with Gasteiger partial charge in [-0.2, -0.15) is 0 Å². The van der Waals surface area contributed by atoms with Crippen molar-refractivity contribution in [2.24, 2.45) is 0 Å². The van der Waals surface area contributed by atoms with Crippen LogP contribution in [0.15, 0.2) is 18.2 Å². The Morgan fingerprint density at radius 1 is 1.41 bits per heavy atom. The summed E-state index contributed by atoms with van der Waals surface area (Å²) in [6, 6.07) is 4.89. The Morgan fingerprint density at radius 2 is 2.06 bits per heavy atom. The SMILES string of the molecule is Nc1ccc(Cl)c(C(=O)N2CCC(O)CC2)c1. The Morgan fingerprint density at radius 3 is 2.71 bits per heavy atom. The lowest BCUT2D eigenvalue weighted by molar-refractivity contribution is 0.0547. The molecule has 1 aliphatic rings. The number of amides is 1. The number of halogens is 1. The van der Waals surface area contributed by atoms with Gasteiger partial charge in [0.25, 0.3) is 5.91 Å². The highest BCUT2D eigenvalue weighted by molar-refractivity contribution is 6.34. The number of hydrogen-bond donors (Lipinski definition) is 2. The monoisotopic (exact) mass is 254 g/mol. The first kappa shape index (κ1) is 12.2. The maximum absolute atomic E-state index is 12.2. The van der Waals surface area contributed by atoms with E-state index in [1.807, 2.05) is 0 Å². The van der Waals surface area contributed by atoms with E-state index in [1.54, 1.807) is 23.1 Å². The van der Waals surface area contributed by atoms with Crippen molar-refractivity contribution in [1.82, 2.24) is 4.90 Å². The van der Waals surface area contributed by atoms with E-state index in [2.05, 4.69) is 0 Å². The van der Waals surface area contributed by atoms with Crippen LogP contribution < -0.4 is 5.73 Å². The topological polar surface area (TPSA) is 66.6 Å². The first-order valence-electron chi connectivity index (χ1n) is 5.60. The molecule has 5 heteroatoms. The maximum Gasteiger partial charge on any atom is 0.255 e. The van der Waals surface area contributed by atoms with Crippen molar-refractivity contribution in [3.05, 3.63) is 28.8 Å². The van der Waals surface area contributed by atoms with Gasteiger partial charge in [-0.1, -0.05) is 11.6 Å². The van der Waals surface area contributed by atoms with Gasteiger partial charge in [-0.05, 0) is 31.0 Å². The predicted octanol–water partition coefficient (Wildman–Crippen LogP) is 1.52. The Bertz CT molecular complexity index is 429. The second kappa shape index (κ2) is 4.94. The molecule has 1 aliphatic heterocycles. The van der Waals surface area contributed by atoms with Crippen LogP contribution in [0.4, 0.5) is 5.69 Å². The van der Waals surface area contributed by atoms with Crippen LogP contribution in [0, 0.1) is 0 Å². The zero-order valence-electron chi connectivity index (χ0n) is 9.40. The van der Waals surface area contributed by atoms with Gasteiger partial charge in [0.05, 0.1) is 16.7 Å². The Kier molecular flexibility index (Phi) is 3.54. The van der Waals surface area contributed by atoms with Crippen molar-refractivity contribution in [3.63, 3.8) is 0 Å². The van der Waals surface area contributed by atoms with E-state index in [0.717, 1.165) is 0 Å². The molecule has 0 unspecified atom stereocenters. The Labute approximate surface area is 105 Å². The van der Waals surface area contributed by atoms with Gasteiger partial charge in [-0.25, -0.2) is 0 Å². The largest absolute Gasteiger partial charge is 0.399 e. The lowest BCUT2D eigenvalue weighted by atomic mass is 10.1. The summed E-state index contributed by atoms with van der Waals surface area (Å²) in [7, 11) is 0. The van der Waals surface area contributed by atoms with E-state index in [4.69, 9.17) is 17.3 Å². The van der Waals surface area contributed by atoms with Crippen LogP contribution in [0.25, 0.3) is 0 Å². The quantitative estimate of drug-likeness (QED) is 0.747. The molecule has 0 saturated carbocycles. The summed E-state index contributed by atoms with van der Waals surface area (Å²) in [5.74, 6) is -0.116. The summed E-state index contributed by atoms with van der Waals surface area (Å²) in [5.41, 5.74) is 6.60. The zero-order valence-corrected chi connectivity index (χ0v) is 10.2. The fraction of sp³-hybridized carbons (Fsp3) is 0.417. The van der Waals surface area contributed by atoms with E-state index in [9.17, 15) is 9.90 Å². The number of nitrogen functional groups attached to an aromatic ring is 1. The lowest BCUT2D eigenvalue weighted by Gasteiger charge is -2.29. The van der Waals surface area contributed by atoms with Crippen LogP contribution >= 0.6 is 11.6 Å². The highest BCUT2D eigenvalue weighted by Gasteiger charge is 2.23. The van der Waals surface area contributed by atoms with E-state index in [0.29, 0.717) is 42.2 Å². The van der Waals surface area contributed by atoms with Gasteiger partial charge in [0.2, 0.25) is 0 Å². The summed E-state index contributed by atoms with van der Waals surface area (Å²) in [4.78, 5) is 13.9. The van der Waals surface area contributed by atoms with Crippen molar-refractivity contribution in [3.8, 4) is 0 Å². The smallest absolute Gasteiger partial charge is 0.255 e. The van der Waals surface area contributed by atoms with Gasteiger partial charge in [0, 0.05) is 18.8 Å². The van der Waals surface area contributed by atoms with Crippen molar-refractivity contribution in [1.29, 1.82) is 0 Å². The minimum Gasteiger partial charge on any atom is -0.399 e. The van der Waals surface area contributed by atoms with Crippen LogP contribution in [0.3, 0.4) is 0 Å². The molecule has 92 valence electrons. The minimum absolute atomic E-state index is 0.116. The molecule has 0 aromatic heterocycles. The average Bonchev–Trinajstić information content (AvgIpc) is 2.32. The molecule has 0 aliphatic carbocycles. The molecule has 0 spiro atoms. The lowest BCUT2D eigenvalue weighted by Crippen LogP contribution is -2.40. The van der Waals surface area contributed by atoms with Crippen LogP contribution in [-0.4, -0.2) is 35.1 Å². The van der Waals surface area contributed by atoms with E-state index < -0.39 is 0 Å². The minimum atomic E-state index is -0.296.